The second-order valence-electron chi connectivity index (χ2n) is 2.48. The minimum atomic E-state index is -2.55. The summed E-state index contributed by atoms with van der Waals surface area (Å²) >= 11 is 0. The summed E-state index contributed by atoms with van der Waals surface area (Å²) in [4.78, 5) is 1.06. The Hall–Kier alpha value is -1.44. The van der Waals surface area contributed by atoms with Gasteiger partial charge in [-0.2, -0.15) is 0 Å². The summed E-state index contributed by atoms with van der Waals surface area (Å²) < 4.78 is 28.8. The molecule has 1 heterocycles. The van der Waals surface area contributed by atoms with Crippen LogP contribution in [0.3, 0.4) is 0 Å². The maximum absolute atomic E-state index is 12.1. The molecule has 6 nitrogen and oxygen atoms in total. The van der Waals surface area contributed by atoms with Crippen LogP contribution in [0.4, 0.5) is 20.8 Å². The summed E-state index contributed by atoms with van der Waals surface area (Å²) in [6.07, 6.45) is -2.55. The molecular formula is C6H10F2N4O2. The Morgan fingerprint density at radius 1 is 1.50 bits per heavy atom. The fourth-order valence-electron chi connectivity index (χ4n) is 0.907. The predicted molar refractivity (Wildman–Crippen MR) is 44.0 cm³/mol. The van der Waals surface area contributed by atoms with Crippen molar-refractivity contribution >= 4 is 12.0 Å². The number of nitrogen functional groups attached to an aromatic ring is 1. The average Bonchev–Trinajstić information content (AvgIpc) is 2.50. The Kier molecular flexibility index (Phi) is 3.57. The first-order valence-corrected chi connectivity index (χ1v) is 3.86. The molecule has 1 aromatic rings. The van der Waals surface area contributed by atoms with Gasteiger partial charge in [0.15, 0.2) is 0 Å². The van der Waals surface area contributed by atoms with Crippen molar-refractivity contribution in [1.82, 2.24) is 10.2 Å². The van der Waals surface area contributed by atoms with E-state index >= 15 is 0 Å². The number of alkyl halides is 2. The lowest BCUT2D eigenvalue weighted by molar-refractivity contribution is 0.151. The molecule has 14 heavy (non-hydrogen) atoms. The van der Waals surface area contributed by atoms with Gasteiger partial charge in [-0.1, -0.05) is 10.2 Å². The van der Waals surface area contributed by atoms with Crippen molar-refractivity contribution in [2.24, 2.45) is 0 Å². The summed E-state index contributed by atoms with van der Waals surface area (Å²) in [5.74, 6) is 0. The van der Waals surface area contributed by atoms with Crippen LogP contribution in [-0.4, -0.2) is 41.4 Å². The molecule has 0 spiro atoms. The van der Waals surface area contributed by atoms with Gasteiger partial charge in [0.05, 0.1) is 13.2 Å². The Morgan fingerprint density at radius 3 is 2.64 bits per heavy atom. The van der Waals surface area contributed by atoms with Gasteiger partial charge in [-0.25, -0.2) is 8.78 Å². The molecule has 0 radical (unpaired) electrons. The molecule has 0 fully saturated rings. The Morgan fingerprint density at radius 2 is 2.21 bits per heavy atom. The fourth-order valence-corrected chi connectivity index (χ4v) is 0.907. The lowest BCUT2D eigenvalue weighted by Crippen LogP contribution is -2.31. The second-order valence-corrected chi connectivity index (χ2v) is 2.48. The van der Waals surface area contributed by atoms with E-state index in [1.807, 2.05) is 0 Å². The number of aromatic nitrogens is 2. The average molecular weight is 208 g/mol. The van der Waals surface area contributed by atoms with Gasteiger partial charge >= 0.3 is 12.0 Å². The molecule has 0 bridgehead atoms. The highest BCUT2D eigenvalue weighted by Crippen LogP contribution is 2.13. The van der Waals surface area contributed by atoms with Crippen LogP contribution in [0.15, 0.2) is 4.42 Å². The normalized spacial score (nSPS) is 10.9. The van der Waals surface area contributed by atoms with E-state index in [4.69, 9.17) is 15.3 Å². The Bertz CT molecular complexity index is 281. The molecule has 0 aliphatic carbocycles. The molecule has 1 aromatic heterocycles. The van der Waals surface area contributed by atoms with E-state index < -0.39 is 13.0 Å². The largest absolute Gasteiger partial charge is 0.395 e. The molecule has 1 rings (SSSR count). The first kappa shape index (κ1) is 10.6. The van der Waals surface area contributed by atoms with Crippen molar-refractivity contribution in [1.29, 1.82) is 0 Å². The van der Waals surface area contributed by atoms with Crippen LogP contribution in [0, 0.1) is 0 Å². The number of aliphatic hydroxyl groups excluding tert-OH is 1. The number of aliphatic hydroxyl groups is 1. The van der Waals surface area contributed by atoms with Crippen molar-refractivity contribution in [2.45, 2.75) is 6.43 Å². The maximum Gasteiger partial charge on any atom is 0.319 e. The number of halogens is 2. The summed E-state index contributed by atoms with van der Waals surface area (Å²) in [6, 6.07) is -0.311. The zero-order chi connectivity index (χ0) is 10.6. The Labute approximate surface area is 78.3 Å². The van der Waals surface area contributed by atoms with E-state index in [1.165, 1.54) is 0 Å². The van der Waals surface area contributed by atoms with Crippen LogP contribution in [0.25, 0.3) is 0 Å². The highest BCUT2D eigenvalue weighted by molar-refractivity contribution is 5.27. The highest BCUT2D eigenvalue weighted by Gasteiger charge is 2.17. The molecule has 0 saturated carbocycles. The van der Waals surface area contributed by atoms with Crippen molar-refractivity contribution in [3.8, 4) is 0 Å². The summed E-state index contributed by atoms with van der Waals surface area (Å²) in [5.41, 5.74) is 5.13. The van der Waals surface area contributed by atoms with Crippen LogP contribution < -0.4 is 10.6 Å². The van der Waals surface area contributed by atoms with Gasteiger partial charge in [0.25, 0.3) is 6.43 Å². The van der Waals surface area contributed by atoms with Crippen molar-refractivity contribution in [3.05, 3.63) is 0 Å². The first-order valence-electron chi connectivity index (χ1n) is 3.86. The molecule has 0 aliphatic rings. The smallest absolute Gasteiger partial charge is 0.319 e. The zero-order valence-corrected chi connectivity index (χ0v) is 7.23. The number of nitrogens with zero attached hydrogens (tertiary/aromatic N) is 3. The van der Waals surface area contributed by atoms with Gasteiger partial charge in [-0.3, -0.25) is 0 Å². The predicted octanol–water partition coefficient (Wildman–Crippen LogP) is -0.284. The molecular weight excluding hydrogens is 198 g/mol. The third-order valence-electron chi connectivity index (χ3n) is 1.43. The first-order chi connectivity index (χ1) is 6.63. The maximum atomic E-state index is 12.1. The van der Waals surface area contributed by atoms with E-state index in [0.717, 1.165) is 4.90 Å². The number of rotatable bonds is 5. The van der Waals surface area contributed by atoms with E-state index in [2.05, 4.69) is 10.2 Å². The highest BCUT2D eigenvalue weighted by atomic mass is 19.3. The molecule has 0 unspecified atom stereocenters. The van der Waals surface area contributed by atoms with Gasteiger partial charge in [-0.15, -0.1) is 0 Å². The molecule has 3 N–H and O–H groups in total. The minimum Gasteiger partial charge on any atom is -0.395 e. The third kappa shape index (κ3) is 2.80. The van der Waals surface area contributed by atoms with Gasteiger partial charge in [0, 0.05) is 6.54 Å². The molecule has 0 atom stereocenters. The molecule has 0 saturated heterocycles. The monoisotopic (exact) mass is 208 g/mol. The van der Waals surface area contributed by atoms with Crippen molar-refractivity contribution in [2.75, 3.05) is 30.3 Å². The van der Waals surface area contributed by atoms with E-state index in [9.17, 15) is 8.78 Å². The summed E-state index contributed by atoms with van der Waals surface area (Å²) in [5, 5.41) is 15.4. The molecule has 0 aromatic carbocycles. The van der Waals surface area contributed by atoms with Crippen LogP contribution in [-0.2, 0) is 0 Å². The lowest BCUT2D eigenvalue weighted by Gasteiger charge is -2.17. The number of nitrogens with two attached hydrogens (primary N) is 1. The quantitative estimate of drug-likeness (QED) is 0.691. The van der Waals surface area contributed by atoms with Gasteiger partial charge in [0.2, 0.25) is 0 Å². The number of hydrogen-bond acceptors (Lipinski definition) is 6. The van der Waals surface area contributed by atoms with Crippen LogP contribution in [0.5, 0.6) is 0 Å². The number of anilines is 2. The van der Waals surface area contributed by atoms with E-state index in [1.54, 1.807) is 0 Å². The molecule has 8 heteroatoms. The molecule has 0 amide bonds. The summed E-state index contributed by atoms with van der Waals surface area (Å²) in [6.45, 7) is -0.872. The van der Waals surface area contributed by atoms with Gasteiger partial charge < -0.3 is 20.2 Å². The molecule has 0 aliphatic heterocycles. The third-order valence-corrected chi connectivity index (χ3v) is 1.43. The van der Waals surface area contributed by atoms with E-state index in [0.29, 0.717) is 0 Å². The zero-order valence-electron chi connectivity index (χ0n) is 7.23. The van der Waals surface area contributed by atoms with Gasteiger partial charge in [-0.05, 0) is 0 Å². The Balaban J connectivity index is 2.66. The van der Waals surface area contributed by atoms with Crippen LogP contribution in [0.2, 0.25) is 0 Å². The second kappa shape index (κ2) is 4.70. The lowest BCUT2D eigenvalue weighted by atomic mass is 10.5. The fraction of sp³-hybridized carbons (Fsp3) is 0.667. The van der Waals surface area contributed by atoms with Crippen LogP contribution in [0.1, 0.15) is 0 Å². The minimum absolute atomic E-state index is 0.00796. The van der Waals surface area contributed by atoms with Crippen molar-refractivity contribution < 1.29 is 18.3 Å². The summed E-state index contributed by atoms with van der Waals surface area (Å²) in [7, 11) is 0. The number of hydrogen-bond donors (Lipinski definition) is 2. The topological polar surface area (TPSA) is 88.4 Å². The van der Waals surface area contributed by atoms with Crippen molar-refractivity contribution in [3.63, 3.8) is 0 Å². The van der Waals surface area contributed by atoms with E-state index in [-0.39, 0.29) is 25.2 Å². The van der Waals surface area contributed by atoms with Crippen LogP contribution >= 0.6 is 0 Å². The van der Waals surface area contributed by atoms with Gasteiger partial charge in [0.1, 0.15) is 0 Å². The SMILES string of the molecule is Nc1nnc(N(CCO)CC(F)F)o1. The standard InChI is InChI=1S/C6H10F2N4O2/c7-4(8)3-12(1-2-13)6-11-10-5(9)14-6/h4,13H,1-3H2,(H2,9,10). The molecule has 80 valence electrons.